The minimum absolute atomic E-state index is 0.198. The van der Waals surface area contributed by atoms with Crippen LogP contribution in [-0.2, 0) is 16.0 Å². The number of hydrogen-bond donors (Lipinski definition) is 2. The van der Waals surface area contributed by atoms with Crippen molar-refractivity contribution in [2.75, 3.05) is 12.8 Å². The van der Waals surface area contributed by atoms with Gasteiger partial charge in [0.25, 0.3) is 0 Å². The Bertz CT molecular complexity index is 584. The molecule has 0 aliphatic heterocycles. The normalized spacial score (nSPS) is 11.7. The van der Waals surface area contributed by atoms with Crippen molar-refractivity contribution in [1.82, 2.24) is 4.98 Å². The third kappa shape index (κ3) is 2.32. The van der Waals surface area contributed by atoms with E-state index in [2.05, 4.69) is 4.98 Å². The van der Waals surface area contributed by atoms with E-state index in [4.69, 9.17) is 10.5 Å². The highest BCUT2D eigenvalue weighted by Crippen LogP contribution is 2.26. The first-order valence-corrected chi connectivity index (χ1v) is 5.88. The smallest absolute Gasteiger partial charge is 0.311 e. The molecule has 1 aromatic carbocycles. The minimum Gasteiger partial charge on any atom is -0.469 e. The van der Waals surface area contributed by atoms with E-state index in [-0.39, 0.29) is 5.97 Å². The highest BCUT2D eigenvalue weighted by Gasteiger charge is 2.28. The fourth-order valence-corrected chi connectivity index (χ4v) is 2.17. The van der Waals surface area contributed by atoms with Crippen LogP contribution in [0.15, 0.2) is 24.3 Å². The van der Waals surface area contributed by atoms with Crippen LogP contribution in [0.1, 0.15) is 19.4 Å². The number of ether oxygens (including phenoxy) is 1. The average Bonchev–Trinajstić information content (AvgIpc) is 2.66. The molecule has 0 spiro atoms. The zero-order valence-electron chi connectivity index (χ0n) is 10.9. The van der Waals surface area contributed by atoms with Crippen LogP contribution in [-0.4, -0.2) is 18.1 Å². The monoisotopic (exact) mass is 246 g/mol. The second-order valence-corrected chi connectivity index (χ2v) is 5.20. The highest BCUT2D eigenvalue weighted by atomic mass is 16.5. The van der Waals surface area contributed by atoms with Crippen LogP contribution in [0.2, 0.25) is 0 Å². The summed E-state index contributed by atoms with van der Waals surface area (Å²) >= 11 is 0. The maximum absolute atomic E-state index is 11.7. The number of methoxy groups -OCH3 is 1. The molecule has 2 rings (SSSR count). The molecule has 4 nitrogen and oxygen atoms in total. The van der Waals surface area contributed by atoms with E-state index in [0.29, 0.717) is 12.2 Å². The Morgan fingerprint density at radius 3 is 2.78 bits per heavy atom. The van der Waals surface area contributed by atoms with Crippen molar-refractivity contribution >= 4 is 22.7 Å². The molecule has 18 heavy (non-hydrogen) atoms. The van der Waals surface area contributed by atoms with Gasteiger partial charge < -0.3 is 15.5 Å². The zero-order valence-corrected chi connectivity index (χ0v) is 10.9. The number of carbonyl (C=O) groups is 1. The number of esters is 1. The third-order valence-corrected chi connectivity index (χ3v) is 3.09. The van der Waals surface area contributed by atoms with Crippen LogP contribution in [0.3, 0.4) is 0 Å². The molecule has 3 N–H and O–H groups in total. The number of rotatable bonds is 3. The summed E-state index contributed by atoms with van der Waals surface area (Å²) < 4.78 is 4.81. The Morgan fingerprint density at radius 2 is 2.11 bits per heavy atom. The maximum Gasteiger partial charge on any atom is 0.311 e. The fraction of sp³-hybridized carbons (Fsp3) is 0.357. The van der Waals surface area contributed by atoms with Gasteiger partial charge in [-0.15, -0.1) is 0 Å². The largest absolute Gasteiger partial charge is 0.469 e. The number of aromatic nitrogens is 1. The lowest BCUT2D eigenvalue weighted by Crippen LogP contribution is -2.27. The van der Waals surface area contributed by atoms with Gasteiger partial charge in [-0.25, -0.2) is 0 Å². The van der Waals surface area contributed by atoms with Crippen LogP contribution in [0, 0.1) is 5.41 Å². The predicted molar refractivity (Wildman–Crippen MR) is 72.2 cm³/mol. The summed E-state index contributed by atoms with van der Waals surface area (Å²) in [5.41, 5.74) is 7.29. The van der Waals surface area contributed by atoms with E-state index in [1.807, 2.05) is 38.1 Å². The Hall–Kier alpha value is -1.97. The van der Waals surface area contributed by atoms with E-state index in [9.17, 15) is 4.79 Å². The number of benzene rings is 1. The Balaban J connectivity index is 2.29. The van der Waals surface area contributed by atoms with E-state index < -0.39 is 5.41 Å². The molecular formula is C14H18N2O2. The molecule has 0 saturated heterocycles. The molecular weight excluding hydrogens is 228 g/mol. The summed E-state index contributed by atoms with van der Waals surface area (Å²) in [5, 5.41) is 1.06. The number of nitrogens with two attached hydrogens (primary N) is 1. The van der Waals surface area contributed by atoms with Crippen molar-refractivity contribution in [1.29, 1.82) is 0 Å². The van der Waals surface area contributed by atoms with E-state index >= 15 is 0 Å². The van der Waals surface area contributed by atoms with Crippen molar-refractivity contribution in [3.8, 4) is 0 Å². The van der Waals surface area contributed by atoms with Gasteiger partial charge in [-0.2, -0.15) is 0 Å². The quantitative estimate of drug-likeness (QED) is 0.817. The molecule has 0 aliphatic carbocycles. The van der Waals surface area contributed by atoms with Crippen molar-refractivity contribution < 1.29 is 9.53 Å². The molecule has 0 aliphatic rings. The number of fused-ring (bicyclic) bond motifs is 1. The second kappa shape index (κ2) is 4.37. The lowest BCUT2D eigenvalue weighted by atomic mass is 9.85. The Kier molecular flexibility index (Phi) is 3.03. The maximum atomic E-state index is 11.7. The molecule has 0 unspecified atom stereocenters. The van der Waals surface area contributed by atoms with E-state index in [0.717, 1.165) is 16.5 Å². The van der Waals surface area contributed by atoms with Gasteiger partial charge in [0.05, 0.1) is 12.5 Å². The predicted octanol–water partition coefficient (Wildman–Crippen LogP) is 2.49. The van der Waals surface area contributed by atoms with Gasteiger partial charge >= 0.3 is 5.97 Å². The van der Waals surface area contributed by atoms with E-state index in [1.54, 1.807) is 0 Å². The van der Waals surface area contributed by atoms with Crippen molar-refractivity contribution in [3.05, 3.63) is 29.8 Å². The number of hydrogen-bond acceptors (Lipinski definition) is 3. The third-order valence-electron chi connectivity index (χ3n) is 3.09. The number of nitrogens with one attached hydrogen (secondary N) is 1. The SMILES string of the molecule is COC(=O)C(C)(C)Cc1ccc2[nH]c(N)cc2c1. The summed E-state index contributed by atoms with van der Waals surface area (Å²) in [6, 6.07) is 7.92. The molecule has 1 heterocycles. The summed E-state index contributed by atoms with van der Waals surface area (Å²) in [7, 11) is 1.42. The van der Waals surface area contributed by atoms with Crippen molar-refractivity contribution in [3.63, 3.8) is 0 Å². The molecule has 0 bridgehead atoms. The first-order chi connectivity index (χ1) is 8.42. The number of nitrogen functional groups attached to an aromatic ring is 1. The summed E-state index contributed by atoms with van der Waals surface area (Å²) in [4.78, 5) is 14.7. The van der Waals surface area contributed by atoms with Crippen LogP contribution in [0.25, 0.3) is 10.9 Å². The Morgan fingerprint density at radius 1 is 1.39 bits per heavy atom. The van der Waals surface area contributed by atoms with Gasteiger partial charge in [0.15, 0.2) is 0 Å². The molecule has 0 radical (unpaired) electrons. The van der Waals surface area contributed by atoms with Gasteiger partial charge in [0.1, 0.15) is 5.82 Å². The Labute approximate surface area is 106 Å². The first-order valence-electron chi connectivity index (χ1n) is 5.88. The molecule has 4 heteroatoms. The standard InChI is InChI=1S/C14H18N2O2/c1-14(2,13(17)18-3)8-9-4-5-11-10(6-9)7-12(15)16-11/h4-7,16H,8,15H2,1-3H3. The molecule has 96 valence electrons. The van der Waals surface area contributed by atoms with Gasteiger partial charge in [-0.3, -0.25) is 4.79 Å². The fourth-order valence-electron chi connectivity index (χ4n) is 2.17. The minimum atomic E-state index is -0.524. The molecule has 1 aromatic heterocycles. The van der Waals surface area contributed by atoms with Gasteiger partial charge in [0, 0.05) is 10.9 Å². The molecule has 0 saturated carbocycles. The zero-order chi connectivity index (χ0) is 13.3. The summed E-state index contributed by atoms with van der Waals surface area (Å²) in [6.45, 7) is 3.77. The summed E-state index contributed by atoms with van der Waals surface area (Å²) in [6.07, 6.45) is 0.640. The average molecular weight is 246 g/mol. The van der Waals surface area contributed by atoms with Crippen LogP contribution in [0.4, 0.5) is 5.82 Å². The topological polar surface area (TPSA) is 68.1 Å². The highest BCUT2D eigenvalue weighted by molar-refractivity contribution is 5.84. The molecule has 0 amide bonds. The molecule has 2 aromatic rings. The molecule has 0 atom stereocenters. The molecule has 0 fully saturated rings. The van der Waals surface area contributed by atoms with Crippen LogP contribution < -0.4 is 5.73 Å². The number of anilines is 1. The van der Waals surface area contributed by atoms with Crippen molar-refractivity contribution in [2.45, 2.75) is 20.3 Å². The first kappa shape index (κ1) is 12.5. The number of carbonyl (C=O) groups excluding carboxylic acids is 1. The van der Waals surface area contributed by atoms with Gasteiger partial charge in [0.2, 0.25) is 0 Å². The van der Waals surface area contributed by atoms with Gasteiger partial charge in [-0.1, -0.05) is 6.07 Å². The lowest BCUT2D eigenvalue weighted by Gasteiger charge is -2.21. The van der Waals surface area contributed by atoms with Crippen molar-refractivity contribution in [2.24, 2.45) is 5.41 Å². The number of aromatic amines is 1. The van der Waals surface area contributed by atoms with Gasteiger partial charge in [-0.05, 0) is 44.0 Å². The summed E-state index contributed by atoms with van der Waals surface area (Å²) in [5.74, 6) is 0.450. The second-order valence-electron chi connectivity index (χ2n) is 5.20. The lowest BCUT2D eigenvalue weighted by molar-refractivity contribution is -0.150. The number of H-pyrrole nitrogens is 1. The van der Waals surface area contributed by atoms with Crippen LogP contribution >= 0.6 is 0 Å². The van der Waals surface area contributed by atoms with E-state index in [1.165, 1.54) is 7.11 Å². The van der Waals surface area contributed by atoms with Crippen LogP contribution in [0.5, 0.6) is 0 Å².